The number of aromatic hydroxyl groups is 1. The molecule has 0 aliphatic heterocycles. The molecule has 1 unspecified atom stereocenters. The van der Waals surface area contributed by atoms with Crippen molar-refractivity contribution in [3.05, 3.63) is 29.8 Å². The largest absolute Gasteiger partial charge is 0.508 e. The zero-order valence-electron chi connectivity index (χ0n) is 10.8. The number of rotatable bonds is 4. The minimum atomic E-state index is -0.753. The van der Waals surface area contributed by atoms with E-state index in [-0.39, 0.29) is 17.6 Å². The molecule has 1 aromatic carbocycles. The number of primary amides is 1. The van der Waals surface area contributed by atoms with E-state index in [2.05, 4.69) is 0 Å². The summed E-state index contributed by atoms with van der Waals surface area (Å²) in [6, 6.07) is 6.85. The minimum Gasteiger partial charge on any atom is -0.508 e. The predicted molar refractivity (Wildman–Crippen MR) is 67.8 cm³/mol. The van der Waals surface area contributed by atoms with Crippen LogP contribution in [0.1, 0.15) is 25.3 Å². The third-order valence-electron chi connectivity index (χ3n) is 3.66. The van der Waals surface area contributed by atoms with Gasteiger partial charge in [0.25, 0.3) is 0 Å². The Morgan fingerprint density at radius 3 is 2.18 bits per heavy atom. The van der Waals surface area contributed by atoms with Gasteiger partial charge in [-0.25, -0.2) is 0 Å². The van der Waals surface area contributed by atoms with E-state index >= 15 is 0 Å². The van der Waals surface area contributed by atoms with Crippen LogP contribution in [0.25, 0.3) is 0 Å². The predicted octanol–water partition coefficient (Wildman–Crippen LogP) is 1.30. The first-order valence-electron chi connectivity index (χ1n) is 5.56. The van der Waals surface area contributed by atoms with E-state index in [0.717, 1.165) is 5.56 Å². The highest BCUT2D eigenvalue weighted by Crippen LogP contribution is 2.32. The van der Waals surface area contributed by atoms with Gasteiger partial charge in [0.05, 0.1) is 0 Å². The summed E-state index contributed by atoms with van der Waals surface area (Å²) in [4.78, 5) is 13.5. The average molecular weight is 236 g/mol. The fourth-order valence-corrected chi connectivity index (χ4v) is 1.91. The number of benzene rings is 1. The lowest BCUT2D eigenvalue weighted by Crippen LogP contribution is -2.55. The maximum absolute atomic E-state index is 11.7. The highest BCUT2D eigenvalue weighted by Gasteiger charge is 2.40. The van der Waals surface area contributed by atoms with Crippen LogP contribution < -0.4 is 5.73 Å². The van der Waals surface area contributed by atoms with Crippen molar-refractivity contribution in [1.29, 1.82) is 0 Å². The van der Waals surface area contributed by atoms with Crippen LogP contribution in [-0.4, -0.2) is 35.5 Å². The average Bonchev–Trinajstić information content (AvgIpc) is 2.27. The number of phenols is 1. The lowest BCUT2D eigenvalue weighted by molar-refractivity contribution is -0.128. The molecule has 1 rings (SSSR count). The number of carbonyl (C=O) groups is 1. The molecular formula is C13H20N2O2. The van der Waals surface area contributed by atoms with Crippen molar-refractivity contribution in [2.75, 3.05) is 14.1 Å². The molecule has 2 atom stereocenters. The Morgan fingerprint density at radius 2 is 1.82 bits per heavy atom. The molecule has 0 heterocycles. The van der Waals surface area contributed by atoms with Crippen molar-refractivity contribution < 1.29 is 9.90 Å². The zero-order valence-corrected chi connectivity index (χ0v) is 10.8. The molecule has 0 aromatic heterocycles. The summed E-state index contributed by atoms with van der Waals surface area (Å²) in [6.45, 7) is 3.78. The number of likely N-dealkylation sites (N-methyl/N-ethyl adjacent to an activating group) is 1. The molecule has 0 saturated carbocycles. The highest BCUT2D eigenvalue weighted by atomic mass is 16.3. The van der Waals surface area contributed by atoms with Crippen molar-refractivity contribution in [3.63, 3.8) is 0 Å². The lowest BCUT2D eigenvalue weighted by atomic mass is 9.80. The monoisotopic (exact) mass is 236 g/mol. The van der Waals surface area contributed by atoms with Crippen molar-refractivity contribution in [2.45, 2.75) is 25.3 Å². The van der Waals surface area contributed by atoms with Gasteiger partial charge in [-0.05, 0) is 38.7 Å². The van der Waals surface area contributed by atoms with Crippen molar-refractivity contribution in [3.8, 4) is 5.75 Å². The van der Waals surface area contributed by atoms with Gasteiger partial charge in [-0.1, -0.05) is 19.1 Å². The number of hydrogen-bond donors (Lipinski definition) is 2. The number of nitrogens with zero attached hydrogens (tertiary/aromatic N) is 1. The molecule has 0 aliphatic rings. The molecule has 17 heavy (non-hydrogen) atoms. The van der Waals surface area contributed by atoms with Gasteiger partial charge in [0, 0.05) is 5.92 Å². The number of phenolic OH excluding ortho intramolecular Hbond substituents is 1. The summed E-state index contributed by atoms with van der Waals surface area (Å²) in [7, 11) is 3.67. The van der Waals surface area contributed by atoms with Gasteiger partial charge in [0.2, 0.25) is 5.91 Å². The summed E-state index contributed by atoms with van der Waals surface area (Å²) in [6.07, 6.45) is 0. The van der Waals surface area contributed by atoms with Crippen LogP contribution >= 0.6 is 0 Å². The normalized spacial score (nSPS) is 16.5. The Hall–Kier alpha value is -1.55. The van der Waals surface area contributed by atoms with E-state index in [4.69, 9.17) is 5.73 Å². The second kappa shape index (κ2) is 4.75. The molecule has 3 N–H and O–H groups in total. The Bertz CT molecular complexity index is 400. The van der Waals surface area contributed by atoms with E-state index in [9.17, 15) is 9.90 Å². The van der Waals surface area contributed by atoms with E-state index in [1.54, 1.807) is 12.1 Å². The molecule has 0 saturated heterocycles. The number of amides is 1. The Morgan fingerprint density at radius 1 is 1.35 bits per heavy atom. The van der Waals surface area contributed by atoms with Gasteiger partial charge < -0.3 is 10.8 Å². The molecule has 94 valence electrons. The first-order valence-corrected chi connectivity index (χ1v) is 5.56. The van der Waals surface area contributed by atoms with Crippen molar-refractivity contribution in [2.24, 2.45) is 5.73 Å². The van der Waals surface area contributed by atoms with Crippen LogP contribution in [0.15, 0.2) is 24.3 Å². The van der Waals surface area contributed by atoms with Gasteiger partial charge in [0.1, 0.15) is 11.3 Å². The standard InChI is InChI=1S/C13H20N2O2/c1-9(10-5-7-11(16)8-6-10)13(2,12(14)17)15(3)4/h5-9,16H,1-4H3,(H2,14,17)/t9?,13-/m0/s1. The Kier molecular flexibility index (Phi) is 3.78. The molecule has 1 aromatic rings. The van der Waals surface area contributed by atoms with E-state index in [1.165, 1.54) is 0 Å². The van der Waals surface area contributed by atoms with Gasteiger partial charge in [-0.3, -0.25) is 9.69 Å². The molecule has 0 spiro atoms. The van der Waals surface area contributed by atoms with Crippen LogP contribution in [0.3, 0.4) is 0 Å². The van der Waals surface area contributed by atoms with Crippen molar-refractivity contribution >= 4 is 5.91 Å². The molecule has 0 radical (unpaired) electrons. The molecule has 0 fully saturated rings. The van der Waals surface area contributed by atoms with Crippen LogP contribution in [0.5, 0.6) is 5.75 Å². The maximum atomic E-state index is 11.7. The lowest BCUT2D eigenvalue weighted by Gasteiger charge is -2.38. The molecule has 1 amide bonds. The fraction of sp³-hybridized carbons (Fsp3) is 0.462. The third-order valence-corrected chi connectivity index (χ3v) is 3.66. The van der Waals surface area contributed by atoms with Gasteiger partial charge in [-0.2, -0.15) is 0 Å². The summed E-state index contributed by atoms with van der Waals surface area (Å²) in [5.74, 6) is -0.203. The topological polar surface area (TPSA) is 66.6 Å². The fourth-order valence-electron chi connectivity index (χ4n) is 1.91. The van der Waals surface area contributed by atoms with Gasteiger partial charge in [-0.15, -0.1) is 0 Å². The van der Waals surface area contributed by atoms with Crippen LogP contribution in [-0.2, 0) is 4.79 Å². The quantitative estimate of drug-likeness (QED) is 0.828. The second-order valence-corrected chi connectivity index (χ2v) is 4.72. The number of hydrogen-bond acceptors (Lipinski definition) is 3. The zero-order chi connectivity index (χ0) is 13.2. The van der Waals surface area contributed by atoms with Crippen LogP contribution in [0.4, 0.5) is 0 Å². The van der Waals surface area contributed by atoms with Crippen LogP contribution in [0, 0.1) is 0 Å². The molecule has 0 aliphatic carbocycles. The van der Waals surface area contributed by atoms with Gasteiger partial charge >= 0.3 is 0 Å². The summed E-state index contributed by atoms with van der Waals surface area (Å²) >= 11 is 0. The Labute approximate surface area is 102 Å². The van der Waals surface area contributed by atoms with E-state index < -0.39 is 5.54 Å². The van der Waals surface area contributed by atoms with Gasteiger partial charge in [0.15, 0.2) is 0 Å². The smallest absolute Gasteiger partial charge is 0.238 e. The molecular weight excluding hydrogens is 216 g/mol. The van der Waals surface area contributed by atoms with Crippen LogP contribution in [0.2, 0.25) is 0 Å². The summed E-state index contributed by atoms with van der Waals surface area (Å²) in [5.41, 5.74) is 5.73. The summed E-state index contributed by atoms with van der Waals surface area (Å²) in [5, 5.41) is 9.26. The first-order chi connectivity index (χ1) is 7.80. The minimum absolute atomic E-state index is 0.0596. The van der Waals surface area contributed by atoms with Crippen molar-refractivity contribution in [1.82, 2.24) is 4.90 Å². The van der Waals surface area contributed by atoms with E-state index in [0.29, 0.717) is 0 Å². The molecule has 0 bridgehead atoms. The first kappa shape index (κ1) is 13.5. The summed E-state index contributed by atoms with van der Waals surface area (Å²) < 4.78 is 0. The molecule has 4 heteroatoms. The molecule has 4 nitrogen and oxygen atoms in total. The van der Waals surface area contributed by atoms with E-state index in [1.807, 2.05) is 45.0 Å². The maximum Gasteiger partial charge on any atom is 0.238 e. The number of carbonyl (C=O) groups excluding carboxylic acids is 1. The number of nitrogens with two attached hydrogens (primary N) is 1. The third kappa shape index (κ3) is 2.42. The Balaban J connectivity index is 3.13. The highest BCUT2D eigenvalue weighted by molar-refractivity contribution is 5.85. The SMILES string of the molecule is CC(c1ccc(O)cc1)[C@@](C)(C(N)=O)N(C)C. The second-order valence-electron chi connectivity index (χ2n) is 4.72.